The van der Waals surface area contributed by atoms with E-state index in [1.165, 1.54) is 12.4 Å². The minimum absolute atomic E-state index is 0.242. The first-order chi connectivity index (χ1) is 11.7. The van der Waals surface area contributed by atoms with Crippen molar-refractivity contribution in [2.45, 2.75) is 6.54 Å². The first-order valence-electron chi connectivity index (χ1n) is 7.22. The van der Waals surface area contributed by atoms with Crippen LogP contribution in [-0.2, 0) is 6.54 Å². The van der Waals surface area contributed by atoms with Crippen LogP contribution in [0.15, 0.2) is 61.2 Å². The van der Waals surface area contributed by atoms with Crippen molar-refractivity contribution in [1.82, 2.24) is 20.3 Å². The highest BCUT2D eigenvalue weighted by Crippen LogP contribution is 2.17. The lowest BCUT2D eigenvalue weighted by molar-refractivity contribution is 0.0950. The van der Waals surface area contributed by atoms with Crippen LogP contribution < -0.4 is 10.6 Å². The van der Waals surface area contributed by atoms with E-state index in [0.29, 0.717) is 23.1 Å². The van der Waals surface area contributed by atoms with Gasteiger partial charge in [-0.3, -0.25) is 9.78 Å². The topological polar surface area (TPSA) is 79.8 Å². The SMILES string of the molecule is O=C(NCc1cccnc1)c1cnc(Nc2cccc(Cl)c2)nc1. The van der Waals surface area contributed by atoms with E-state index in [1.54, 1.807) is 24.5 Å². The average Bonchev–Trinajstić information content (AvgIpc) is 2.61. The van der Waals surface area contributed by atoms with E-state index in [2.05, 4.69) is 25.6 Å². The molecule has 1 amide bonds. The Hall–Kier alpha value is -2.99. The zero-order valence-electron chi connectivity index (χ0n) is 12.6. The summed E-state index contributed by atoms with van der Waals surface area (Å²) in [5.74, 6) is 0.147. The number of carbonyl (C=O) groups is 1. The van der Waals surface area contributed by atoms with E-state index in [9.17, 15) is 4.79 Å². The second-order valence-corrected chi connectivity index (χ2v) is 5.41. The van der Waals surface area contributed by atoms with Gasteiger partial charge in [0.05, 0.1) is 5.56 Å². The largest absolute Gasteiger partial charge is 0.348 e. The second kappa shape index (κ2) is 7.52. The third-order valence-corrected chi connectivity index (χ3v) is 3.41. The molecule has 2 aromatic heterocycles. The van der Waals surface area contributed by atoms with Crippen LogP contribution in [0.5, 0.6) is 0 Å². The summed E-state index contributed by atoms with van der Waals surface area (Å²) in [6.07, 6.45) is 6.33. The lowest BCUT2D eigenvalue weighted by atomic mass is 10.2. The molecule has 3 aromatic rings. The molecule has 0 spiro atoms. The molecule has 2 heterocycles. The molecule has 0 fully saturated rings. The molecule has 0 radical (unpaired) electrons. The number of benzene rings is 1. The Balaban J connectivity index is 1.60. The highest BCUT2D eigenvalue weighted by molar-refractivity contribution is 6.30. The van der Waals surface area contributed by atoms with Crippen molar-refractivity contribution in [3.63, 3.8) is 0 Å². The van der Waals surface area contributed by atoms with Crippen LogP contribution >= 0.6 is 11.6 Å². The second-order valence-electron chi connectivity index (χ2n) is 4.97. The number of nitrogens with one attached hydrogen (secondary N) is 2. The number of aromatic nitrogens is 3. The van der Waals surface area contributed by atoms with Crippen molar-refractivity contribution >= 4 is 29.1 Å². The predicted octanol–water partition coefficient (Wildman–Crippen LogP) is 3.20. The van der Waals surface area contributed by atoms with Gasteiger partial charge in [0.1, 0.15) is 0 Å². The Morgan fingerprint density at radius 2 is 1.92 bits per heavy atom. The van der Waals surface area contributed by atoms with Gasteiger partial charge in [-0.05, 0) is 29.8 Å². The predicted molar refractivity (Wildman–Crippen MR) is 92.2 cm³/mol. The smallest absolute Gasteiger partial charge is 0.254 e. The van der Waals surface area contributed by atoms with Crippen molar-refractivity contribution in [1.29, 1.82) is 0 Å². The van der Waals surface area contributed by atoms with Gasteiger partial charge in [0.15, 0.2) is 0 Å². The molecule has 0 aliphatic rings. The van der Waals surface area contributed by atoms with Crippen molar-refractivity contribution in [3.8, 4) is 0 Å². The lowest BCUT2D eigenvalue weighted by Gasteiger charge is -2.07. The maximum atomic E-state index is 12.1. The van der Waals surface area contributed by atoms with Crippen LogP contribution in [0.4, 0.5) is 11.6 Å². The molecular weight excluding hydrogens is 326 g/mol. The van der Waals surface area contributed by atoms with E-state index < -0.39 is 0 Å². The summed E-state index contributed by atoms with van der Waals surface area (Å²) in [6, 6.07) is 10.9. The summed E-state index contributed by atoms with van der Waals surface area (Å²) < 4.78 is 0. The Morgan fingerprint density at radius 1 is 1.08 bits per heavy atom. The van der Waals surface area contributed by atoms with Gasteiger partial charge in [-0.25, -0.2) is 9.97 Å². The number of amides is 1. The average molecular weight is 340 g/mol. The highest BCUT2D eigenvalue weighted by atomic mass is 35.5. The zero-order valence-corrected chi connectivity index (χ0v) is 13.4. The molecule has 2 N–H and O–H groups in total. The third-order valence-electron chi connectivity index (χ3n) is 3.17. The summed E-state index contributed by atoms with van der Waals surface area (Å²) in [5, 5.41) is 6.43. The molecule has 1 aromatic carbocycles. The number of anilines is 2. The van der Waals surface area contributed by atoms with Gasteiger partial charge >= 0.3 is 0 Å². The summed E-state index contributed by atoms with van der Waals surface area (Å²) >= 11 is 5.92. The molecule has 24 heavy (non-hydrogen) atoms. The van der Waals surface area contributed by atoms with Crippen LogP contribution in [0.2, 0.25) is 5.02 Å². The molecule has 0 unspecified atom stereocenters. The van der Waals surface area contributed by atoms with Gasteiger partial charge < -0.3 is 10.6 Å². The van der Waals surface area contributed by atoms with Gasteiger partial charge in [-0.1, -0.05) is 23.7 Å². The molecule has 0 atom stereocenters. The summed E-state index contributed by atoms with van der Waals surface area (Å²) in [7, 11) is 0. The zero-order chi connectivity index (χ0) is 16.8. The summed E-state index contributed by atoms with van der Waals surface area (Å²) in [4.78, 5) is 24.4. The monoisotopic (exact) mass is 339 g/mol. The third kappa shape index (κ3) is 4.27. The normalized spacial score (nSPS) is 10.2. The maximum Gasteiger partial charge on any atom is 0.254 e. The number of nitrogens with zero attached hydrogens (tertiary/aromatic N) is 3. The van der Waals surface area contributed by atoms with Crippen molar-refractivity contribution in [3.05, 3.63) is 77.3 Å². The molecule has 7 heteroatoms. The van der Waals surface area contributed by atoms with Crippen molar-refractivity contribution in [2.24, 2.45) is 0 Å². The van der Waals surface area contributed by atoms with Gasteiger partial charge in [0.25, 0.3) is 5.91 Å². The molecule has 0 bridgehead atoms. The van der Waals surface area contributed by atoms with E-state index >= 15 is 0 Å². The number of hydrogen-bond acceptors (Lipinski definition) is 5. The fourth-order valence-electron chi connectivity index (χ4n) is 1.99. The van der Waals surface area contributed by atoms with Crippen LogP contribution in [0.3, 0.4) is 0 Å². The maximum absolute atomic E-state index is 12.1. The number of rotatable bonds is 5. The number of halogens is 1. The summed E-state index contributed by atoms with van der Waals surface area (Å²) in [6.45, 7) is 0.398. The van der Waals surface area contributed by atoms with Gasteiger partial charge in [-0.2, -0.15) is 0 Å². The molecule has 0 saturated carbocycles. The summed E-state index contributed by atoms with van der Waals surface area (Å²) in [5.41, 5.74) is 2.08. The molecule has 0 aliphatic heterocycles. The van der Waals surface area contributed by atoms with E-state index in [0.717, 1.165) is 11.3 Å². The minimum atomic E-state index is -0.242. The molecule has 0 aliphatic carbocycles. The van der Waals surface area contributed by atoms with E-state index in [-0.39, 0.29) is 5.91 Å². The fraction of sp³-hybridized carbons (Fsp3) is 0.0588. The Bertz CT molecular complexity index is 824. The quantitative estimate of drug-likeness (QED) is 0.746. The Labute approximate surface area is 143 Å². The molecular formula is C17H14ClN5O. The lowest BCUT2D eigenvalue weighted by Crippen LogP contribution is -2.23. The van der Waals surface area contributed by atoms with E-state index in [1.807, 2.05) is 24.3 Å². The standard InChI is InChI=1S/C17H14ClN5O/c18-14-4-1-5-15(7-14)23-17-21-10-13(11-22-17)16(24)20-9-12-3-2-6-19-8-12/h1-8,10-11H,9H2,(H,20,24)(H,21,22,23). The Kier molecular flexibility index (Phi) is 4.98. The number of pyridine rings is 1. The van der Waals surface area contributed by atoms with Crippen LogP contribution in [-0.4, -0.2) is 20.9 Å². The molecule has 3 rings (SSSR count). The van der Waals surface area contributed by atoms with Gasteiger partial charge in [0.2, 0.25) is 5.95 Å². The Morgan fingerprint density at radius 3 is 2.62 bits per heavy atom. The first kappa shape index (κ1) is 15.9. The molecule has 120 valence electrons. The fourth-order valence-corrected chi connectivity index (χ4v) is 2.18. The minimum Gasteiger partial charge on any atom is -0.348 e. The van der Waals surface area contributed by atoms with Crippen LogP contribution in [0, 0.1) is 0 Å². The van der Waals surface area contributed by atoms with Crippen molar-refractivity contribution in [2.75, 3.05) is 5.32 Å². The molecule has 0 saturated heterocycles. The van der Waals surface area contributed by atoms with Gasteiger partial charge in [0, 0.05) is 42.0 Å². The first-order valence-corrected chi connectivity index (χ1v) is 7.60. The number of carbonyl (C=O) groups excluding carboxylic acids is 1. The highest BCUT2D eigenvalue weighted by Gasteiger charge is 2.07. The van der Waals surface area contributed by atoms with Crippen LogP contribution in [0.1, 0.15) is 15.9 Å². The van der Waals surface area contributed by atoms with Crippen LogP contribution in [0.25, 0.3) is 0 Å². The molecule has 6 nitrogen and oxygen atoms in total. The van der Waals surface area contributed by atoms with Gasteiger partial charge in [-0.15, -0.1) is 0 Å². The van der Waals surface area contributed by atoms with Crippen molar-refractivity contribution < 1.29 is 4.79 Å². The van der Waals surface area contributed by atoms with E-state index in [4.69, 9.17) is 11.6 Å². The number of hydrogen-bond donors (Lipinski definition) is 2.